The van der Waals surface area contributed by atoms with Crippen molar-refractivity contribution in [2.75, 3.05) is 25.0 Å². The summed E-state index contributed by atoms with van der Waals surface area (Å²) in [5.74, 6) is 0.600. The number of sulfonamides is 1. The molecule has 2 heterocycles. The van der Waals surface area contributed by atoms with Gasteiger partial charge in [-0.2, -0.15) is 4.31 Å². The number of piperidine rings is 1. The van der Waals surface area contributed by atoms with Crippen LogP contribution in [0.1, 0.15) is 26.7 Å². The first-order valence-corrected chi connectivity index (χ1v) is 8.18. The molecule has 0 atom stereocenters. The predicted molar refractivity (Wildman–Crippen MR) is 75.6 cm³/mol. The summed E-state index contributed by atoms with van der Waals surface area (Å²) >= 11 is 0. The molecule has 0 saturated carbocycles. The van der Waals surface area contributed by atoms with E-state index in [0.717, 1.165) is 12.8 Å². The summed E-state index contributed by atoms with van der Waals surface area (Å²) in [6.07, 6.45) is 3.37. The SMILES string of the molecule is CCNc1cccnc1S(=O)(=O)N1CCC(C)CC1. The van der Waals surface area contributed by atoms with E-state index in [0.29, 0.717) is 31.2 Å². The second kappa shape index (κ2) is 5.88. The number of aromatic nitrogens is 1. The van der Waals surface area contributed by atoms with Crippen LogP contribution < -0.4 is 5.32 Å². The van der Waals surface area contributed by atoms with Crippen molar-refractivity contribution < 1.29 is 8.42 Å². The maximum absolute atomic E-state index is 12.6. The van der Waals surface area contributed by atoms with Gasteiger partial charge in [-0.1, -0.05) is 6.92 Å². The number of nitrogens with zero attached hydrogens (tertiary/aromatic N) is 2. The maximum Gasteiger partial charge on any atom is 0.262 e. The Bertz CT molecular complexity index is 522. The molecule has 1 aromatic heterocycles. The van der Waals surface area contributed by atoms with Gasteiger partial charge in [-0.25, -0.2) is 13.4 Å². The van der Waals surface area contributed by atoms with Crippen LogP contribution in [0.15, 0.2) is 23.4 Å². The Morgan fingerprint density at radius 2 is 2.11 bits per heavy atom. The average molecular weight is 283 g/mol. The first-order valence-electron chi connectivity index (χ1n) is 6.74. The van der Waals surface area contributed by atoms with Crippen LogP contribution in [-0.4, -0.2) is 37.3 Å². The molecule has 19 heavy (non-hydrogen) atoms. The summed E-state index contributed by atoms with van der Waals surface area (Å²) in [4.78, 5) is 4.07. The summed E-state index contributed by atoms with van der Waals surface area (Å²) in [5, 5.41) is 3.21. The lowest BCUT2D eigenvalue weighted by Crippen LogP contribution is -2.38. The van der Waals surface area contributed by atoms with Gasteiger partial charge in [-0.15, -0.1) is 0 Å². The Balaban J connectivity index is 2.29. The fourth-order valence-electron chi connectivity index (χ4n) is 2.27. The molecule has 0 radical (unpaired) electrons. The summed E-state index contributed by atoms with van der Waals surface area (Å²) in [5.41, 5.74) is 0.587. The topological polar surface area (TPSA) is 62.3 Å². The molecule has 1 fully saturated rings. The van der Waals surface area contributed by atoms with Crippen LogP contribution in [0.3, 0.4) is 0 Å². The quantitative estimate of drug-likeness (QED) is 0.917. The molecule has 1 saturated heterocycles. The Hall–Kier alpha value is -1.14. The summed E-state index contributed by atoms with van der Waals surface area (Å²) in [6.45, 7) is 5.95. The smallest absolute Gasteiger partial charge is 0.262 e. The zero-order valence-electron chi connectivity index (χ0n) is 11.5. The van der Waals surface area contributed by atoms with Crippen LogP contribution in [0.25, 0.3) is 0 Å². The van der Waals surface area contributed by atoms with Gasteiger partial charge in [0.1, 0.15) is 0 Å². The van der Waals surface area contributed by atoms with Crippen molar-refractivity contribution in [1.29, 1.82) is 0 Å². The molecular weight excluding hydrogens is 262 g/mol. The second-order valence-corrected chi connectivity index (χ2v) is 6.83. The molecule has 2 rings (SSSR count). The minimum atomic E-state index is -3.48. The monoisotopic (exact) mass is 283 g/mol. The Morgan fingerprint density at radius 3 is 2.74 bits per heavy atom. The number of pyridine rings is 1. The molecule has 0 amide bonds. The van der Waals surface area contributed by atoms with Gasteiger partial charge in [0.05, 0.1) is 5.69 Å². The Labute approximate surface area is 115 Å². The van der Waals surface area contributed by atoms with E-state index in [2.05, 4.69) is 17.2 Å². The molecule has 0 bridgehead atoms. The summed E-state index contributed by atoms with van der Waals surface area (Å²) < 4.78 is 26.8. The average Bonchev–Trinajstić information content (AvgIpc) is 2.40. The number of hydrogen-bond acceptors (Lipinski definition) is 4. The van der Waals surface area contributed by atoms with Crippen LogP contribution in [0.2, 0.25) is 0 Å². The molecule has 0 unspecified atom stereocenters. The van der Waals surface area contributed by atoms with Gasteiger partial charge in [0.15, 0.2) is 5.03 Å². The van der Waals surface area contributed by atoms with Crippen LogP contribution >= 0.6 is 0 Å². The zero-order valence-corrected chi connectivity index (χ0v) is 12.3. The largest absolute Gasteiger partial charge is 0.383 e. The third-order valence-corrected chi connectivity index (χ3v) is 5.32. The molecular formula is C13H21N3O2S. The fraction of sp³-hybridized carbons (Fsp3) is 0.615. The van der Waals surface area contributed by atoms with Gasteiger partial charge in [0.2, 0.25) is 0 Å². The number of hydrogen-bond donors (Lipinski definition) is 1. The zero-order chi connectivity index (χ0) is 13.9. The van der Waals surface area contributed by atoms with E-state index in [1.54, 1.807) is 16.4 Å². The first kappa shape index (κ1) is 14.3. The van der Waals surface area contributed by atoms with Gasteiger partial charge in [-0.05, 0) is 37.8 Å². The normalized spacial score (nSPS) is 18.4. The highest BCUT2D eigenvalue weighted by molar-refractivity contribution is 7.89. The highest BCUT2D eigenvalue weighted by atomic mass is 32.2. The van der Waals surface area contributed by atoms with E-state index in [-0.39, 0.29) is 5.03 Å². The Kier molecular flexibility index (Phi) is 4.42. The highest BCUT2D eigenvalue weighted by Gasteiger charge is 2.30. The molecule has 106 valence electrons. The molecule has 1 aromatic rings. The summed E-state index contributed by atoms with van der Waals surface area (Å²) in [7, 11) is -3.48. The van der Waals surface area contributed by atoms with Crippen LogP contribution in [0.5, 0.6) is 0 Å². The summed E-state index contributed by atoms with van der Waals surface area (Å²) in [6, 6.07) is 3.51. The molecule has 0 spiro atoms. The van der Waals surface area contributed by atoms with Crippen molar-refractivity contribution in [3.05, 3.63) is 18.3 Å². The van der Waals surface area contributed by atoms with Gasteiger partial charge in [0.25, 0.3) is 10.0 Å². The van der Waals surface area contributed by atoms with Gasteiger partial charge >= 0.3 is 0 Å². The van der Waals surface area contributed by atoms with Crippen molar-refractivity contribution in [2.24, 2.45) is 5.92 Å². The van der Waals surface area contributed by atoms with E-state index >= 15 is 0 Å². The van der Waals surface area contributed by atoms with E-state index in [1.807, 2.05) is 6.92 Å². The maximum atomic E-state index is 12.6. The third-order valence-electron chi connectivity index (χ3n) is 3.47. The van der Waals surface area contributed by atoms with Crippen molar-refractivity contribution in [3.8, 4) is 0 Å². The molecule has 0 aromatic carbocycles. The van der Waals surface area contributed by atoms with Crippen LogP contribution in [0, 0.1) is 5.92 Å². The minimum absolute atomic E-state index is 0.145. The van der Waals surface area contributed by atoms with E-state index in [4.69, 9.17) is 0 Å². The predicted octanol–water partition coefficient (Wildman–Crippen LogP) is 1.93. The third kappa shape index (κ3) is 3.06. The fourth-order valence-corrected chi connectivity index (χ4v) is 3.82. The highest BCUT2D eigenvalue weighted by Crippen LogP contribution is 2.26. The Morgan fingerprint density at radius 1 is 1.42 bits per heavy atom. The number of anilines is 1. The molecule has 1 N–H and O–H groups in total. The van der Waals surface area contributed by atoms with Crippen molar-refractivity contribution in [1.82, 2.24) is 9.29 Å². The second-order valence-electron chi connectivity index (χ2n) is 4.97. The van der Waals surface area contributed by atoms with Gasteiger partial charge < -0.3 is 5.32 Å². The van der Waals surface area contributed by atoms with E-state index in [1.165, 1.54) is 6.20 Å². The molecule has 1 aliphatic rings. The van der Waals surface area contributed by atoms with E-state index in [9.17, 15) is 8.42 Å². The van der Waals surface area contributed by atoms with Crippen molar-refractivity contribution in [3.63, 3.8) is 0 Å². The lowest BCUT2D eigenvalue weighted by atomic mass is 10.0. The van der Waals surface area contributed by atoms with Crippen molar-refractivity contribution in [2.45, 2.75) is 31.7 Å². The molecule has 0 aliphatic carbocycles. The standard InChI is InChI=1S/C13H21N3O2S/c1-3-14-12-5-4-8-15-13(12)19(17,18)16-9-6-11(2)7-10-16/h4-5,8,11,14H,3,6-7,9-10H2,1-2H3. The van der Waals surface area contributed by atoms with Gasteiger partial charge in [-0.3, -0.25) is 0 Å². The minimum Gasteiger partial charge on any atom is -0.383 e. The molecule has 5 nitrogen and oxygen atoms in total. The van der Waals surface area contributed by atoms with Gasteiger partial charge in [0, 0.05) is 25.8 Å². The van der Waals surface area contributed by atoms with Crippen LogP contribution in [-0.2, 0) is 10.0 Å². The lowest BCUT2D eigenvalue weighted by Gasteiger charge is -2.29. The lowest BCUT2D eigenvalue weighted by molar-refractivity contribution is 0.287. The molecule has 1 aliphatic heterocycles. The molecule has 6 heteroatoms. The number of rotatable bonds is 4. The van der Waals surface area contributed by atoms with Crippen molar-refractivity contribution >= 4 is 15.7 Å². The first-order chi connectivity index (χ1) is 9.05. The number of nitrogens with one attached hydrogen (secondary N) is 1. The van der Waals surface area contributed by atoms with E-state index < -0.39 is 10.0 Å². The van der Waals surface area contributed by atoms with Crippen LogP contribution in [0.4, 0.5) is 5.69 Å².